The Morgan fingerprint density at radius 2 is 1.55 bits per heavy atom. The highest BCUT2D eigenvalue weighted by molar-refractivity contribution is 5.22. The highest BCUT2D eigenvalue weighted by Crippen LogP contribution is 2.10. The first-order valence-corrected chi connectivity index (χ1v) is 8.46. The molecule has 1 nitrogen and oxygen atoms in total. The molecule has 0 atom stereocenters. The van der Waals surface area contributed by atoms with Crippen molar-refractivity contribution in [2.45, 2.75) is 71.6 Å². The lowest BCUT2D eigenvalue weighted by atomic mass is 10.0. The average Bonchev–Trinajstić information content (AvgIpc) is 2.45. The van der Waals surface area contributed by atoms with Gasteiger partial charge in [0.1, 0.15) is 0 Å². The van der Waals surface area contributed by atoms with E-state index >= 15 is 0 Å². The molecule has 20 heavy (non-hydrogen) atoms. The van der Waals surface area contributed by atoms with Crippen LogP contribution in [0.1, 0.15) is 69.4 Å². The molecule has 114 valence electrons. The van der Waals surface area contributed by atoms with Gasteiger partial charge in [0, 0.05) is 13.2 Å². The molecule has 0 fully saturated rings. The Balaban J connectivity index is 1.85. The summed E-state index contributed by atoms with van der Waals surface area (Å²) in [6.07, 6.45) is 11.6. The number of hydrogen-bond acceptors (Lipinski definition) is 1. The number of benzene rings is 1. The van der Waals surface area contributed by atoms with E-state index in [-0.39, 0.29) is 0 Å². The quantitative estimate of drug-likeness (QED) is 0.445. The molecule has 0 heterocycles. The minimum absolute atomic E-state index is 0.955. The van der Waals surface area contributed by atoms with Crippen LogP contribution in [0.3, 0.4) is 0 Å². The van der Waals surface area contributed by atoms with Crippen molar-refractivity contribution in [2.24, 2.45) is 0 Å². The zero-order chi connectivity index (χ0) is 14.5. The van der Waals surface area contributed by atoms with E-state index in [4.69, 9.17) is 4.74 Å². The largest absolute Gasteiger partial charge is 0.381 e. The number of rotatable bonds is 12. The third-order valence-corrected chi connectivity index (χ3v) is 3.73. The van der Waals surface area contributed by atoms with Gasteiger partial charge in [0.2, 0.25) is 0 Å². The molecule has 1 aromatic carbocycles. The molecule has 0 saturated heterocycles. The average molecular weight is 276 g/mol. The summed E-state index contributed by atoms with van der Waals surface area (Å²) in [5.41, 5.74) is 2.86. The molecule has 1 heteroatoms. The second-order valence-corrected chi connectivity index (χ2v) is 5.83. The minimum atomic E-state index is 0.955. The number of hydrogen-bond donors (Lipinski definition) is 0. The fraction of sp³-hybridized carbons (Fsp3) is 0.684. The third-order valence-electron chi connectivity index (χ3n) is 3.73. The predicted octanol–water partition coefficient (Wildman–Crippen LogP) is 5.69. The fourth-order valence-corrected chi connectivity index (χ4v) is 2.49. The van der Waals surface area contributed by atoms with Gasteiger partial charge in [-0.1, -0.05) is 68.9 Å². The van der Waals surface area contributed by atoms with Crippen LogP contribution in [0, 0.1) is 6.92 Å². The first kappa shape index (κ1) is 17.2. The summed E-state index contributed by atoms with van der Waals surface area (Å²) in [6.45, 7) is 6.33. The topological polar surface area (TPSA) is 9.23 Å². The summed E-state index contributed by atoms with van der Waals surface area (Å²) in [5, 5.41) is 0. The molecule has 1 aromatic rings. The monoisotopic (exact) mass is 276 g/mol. The van der Waals surface area contributed by atoms with Crippen LogP contribution in [0.25, 0.3) is 0 Å². The first-order valence-electron chi connectivity index (χ1n) is 8.46. The molecule has 0 aliphatic carbocycles. The maximum Gasteiger partial charge on any atom is 0.0466 e. The summed E-state index contributed by atoms with van der Waals surface area (Å²) in [6, 6.07) is 8.88. The lowest BCUT2D eigenvalue weighted by Gasteiger charge is -2.05. The highest BCUT2D eigenvalue weighted by Gasteiger charge is 1.95. The lowest BCUT2D eigenvalue weighted by molar-refractivity contribution is 0.126. The molecular formula is C19H32O. The second kappa shape index (κ2) is 12.0. The Hall–Kier alpha value is -0.820. The highest BCUT2D eigenvalue weighted by atomic mass is 16.5. The van der Waals surface area contributed by atoms with Crippen LogP contribution in [0.5, 0.6) is 0 Å². The number of aryl methyl sites for hydroxylation is 2. The van der Waals surface area contributed by atoms with Crippen LogP contribution in [-0.2, 0) is 11.2 Å². The van der Waals surface area contributed by atoms with Crippen LogP contribution < -0.4 is 0 Å². The summed E-state index contributed by atoms with van der Waals surface area (Å²) < 4.78 is 5.66. The van der Waals surface area contributed by atoms with Crippen LogP contribution in [0.15, 0.2) is 24.3 Å². The third kappa shape index (κ3) is 9.14. The number of ether oxygens (including phenoxy) is 1. The van der Waals surface area contributed by atoms with Gasteiger partial charge in [-0.05, 0) is 38.2 Å². The van der Waals surface area contributed by atoms with Crippen molar-refractivity contribution in [2.75, 3.05) is 13.2 Å². The van der Waals surface area contributed by atoms with Crippen molar-refractivity contribution in [3.63, 3.8) is 0 Å². The van der Waals surface area contributed by atoms with E-state index in [0.29, 0.717) is 0 Å². The molecular weight excluding hydrogens is 244 g/mol. The molecule has 0 saturated carbocycles. The molecule has 0 N–H and O–H groups in total. The summed E-state index contributed by atoms with van der Waals surface area (Å²) in [5.74, 6) is 0. The van der Waals surface area contributed by atoms with E-state index in [0.717, 1.165) is 13.2 Å². The Bertz CT molecular complexity index is 332. The maximum atomic E-state index is 5.66. The SMILES string of the molecule is CCCCCCOCCCCCCc1cccc(C)c1. The van der Waals surface area contributed by atoms with Gasteiger partial charge in [-0.15, -0.1) is 0 Å². The Morgan fingerprint density at radius 3 is 2.25 bits per heavy atom. The Kier molecular flexibility index (Phi) is 10.3. The molecule has 0 aliphatic rings. The molecule has 0 aromatic heterocycles. The van der Waals surface area contributed by atoms with Gasteiger partial charge in [-0.25, -0.2) is 0 Å². The summed E-state index contributed by atoms with van der Waals surface area (Å²) in [7, 11) is 0. The van der Waals surface area contributed by atoms with Crippen molar-refractivity contribution in [1.82, 2.24) is 0 Å². The molecule has 0 aliphatic heterocycles. The molecule has 1 rings (SSSR count). The van der Waals surface area contributed by atoms with Gasteiger partial charge in [0.25, 0.3) is 0 Å². The van der Waals surface area contributed by atoms with Crippen LogP contribution in [0.4, 0.5) is 0 Å². The molecule has 0 radical (unpaired) electrons. The van der Waals surface area contributed by atoms with Crippen molar-refractivity contribution in [1.29, 1.82) is 0 Å². The van der Waals surface area contributed by atoms with Crippen LogP contribution in [-0.4, -0.2) is 13.2 Å². The van der Waals surface area contributed by atoms with Gasteiger partial charge in [-0.2, -0.15) is 0 Å². The van der Waals surface area contributed by atoms with Gasteiger partial charge >= 0.3 is 0 Å². The summed E-state index contributed by atoms with van der Waals surface area (Å²) in [4.78, 5) is 0. The Morgan fingerprint density at radius 1 is 0.850 bits per heavy atom. The normalized spacial score (nSPS) is 10.9. The fourth-order valence-electron chi connectivity index (χ4n) is 2.49. The predicted molar refractivity (Wildman–Crippen MR) is 88.3 cm³/mol. The van der Waals surface area contributed by atoms with Crippen molar-refractivity contribution in [3.8, 4) is 0 Å². The van der Waals surface area contributed by atoms with Crippen LogP contribution >= 0.6 is 0 Å². The van der Waals surface area contributed by atoms with Gasteiger partial charge < -0.3 is 4.74 Å². The maximum absolute atomic E-state index is 5.66. The smallest absolute Gasteiger partial charge is 0.0466 e. The number of unbranched alkanes of at least 4 members (excludes halogenated alkanes) is 6. The molecule has 0 amide bonds. The van der Waals surface area contributed by atoms with Gasteiger partial charge in [0.05, 0.1) is 0 Å². The van der Waals surface area contributed by atoms with Gasteiger partial charge in [-0.3, -0.25) is 0 Å². The van der Waals surface area contributed by atoms with E-state index in [1.165, 1.54) is 68.9 Å². The first-order chi connectivity index (χ1) is 9.83. The molecule has 0 unspecified atom stereocenters. The van der Waals surface area contributed by atoms with Gasteiger partial charge in [0.15, 0.2) is 0 Å². The van der Waals surface area contributed by atoms with Crippen molar-refractivity contribution < 1.29 is 4.74 Å². The molecule has 0 spiro atoms. The Labute approximate surface area is 125 Å². The standard InChI is InChI=1S/C19H32O/c1-3-4-5-9-15-20-16-10-7-6-8-13-19-14-11-12-18(2)17-19/h11-12,14,17H,3-10,13,15-16H2,1-2H3. The zero-order valence-electron chi connectivity index (χ0n) is 13.5. The second-order valence-electron chi connectivity index (χ2n) is 5.83. The van der Waals surface area contributed by atoms with Crippen LogP contribution in [0.2, 0.25) is 0 Å². The lowest BCUT2D eigenvalue weighted by Crippen LogP contribution is -1.97. The van der Waals surface area contributed by atoms with E-state index in [1.807, 2.05) is 0 Å². The van der Waals surface area contributed by atoms with Crippen molar-refractivity contribution >= 4 is 0 Å². The van der Waals surface area contributed by atoms with E-state index in [9.17, 15) is 0 Å². The van der Waals surface area contributed by atoms with Crippen molar-refractivity contribution in [3.05, 3.63) is 35.4 Å². The zero-order valence-corrected chi connectivity index (χ0v) is 13.5. The van der Waals surface area contributed by atoms with E-state index in [1.54, 1.807) is 0 Å². The molecule has 0 bridgehead atoms. The van der Waals surface area contributed by atoms with E-state index < -0.39 is 0 Å². The minimum Gasteiger partial charge on any atom is -0.381 e. The van der Waals surface area contributed by atoms with E-state index in [2.05, 4.69) is 38.1 Å². The summed E-state index contributed by atoms with van der Waals surface area (Å²) >= 11 is 0.